The first-order valence-corrected chi connectivity index (χ1v) is 7.07. The van der Waals surface area contributed by atoms with Crippen molar-refractivity contribution in [3.8, 4) is 11.3 Å². The van der Waals surface area contributed by atoms with Gasteiger partial charge in [-0.3, -0.25) is 0 Å². The zero-order valence-electron chi connectivity index (χ0n) is 10.4. The molecule has 0 N–H and O–H groups in total. The summed E-state index contributed by atoms with van der Waals surface area (Å²) in [6.07, 6.45) is 3.69. The summed E-state index contributed by atoms with van der Waals surface area (Å²) in [5, 5.41) is 3.91. The van der Waals surface area contributed by atoms with E-state index in [2.05, 4.69) is 35.7 Å². The predicted molar refractivity (Wildman–Crippen MR) is 73.5 cm³/mol. The summed E-state index contributed by atoms with van der Waals surface area (Å²) in [5.74, 6) is 0. The van der Waals surface area contributed by atoms with Crippen molar-refractivity contribution < 1.29 is 0 Å². The molecule has 90 valence electrons. The highest BCUT2D eigenvalue weighted by molar-refractivity contribution is 8.00. The SMILES string of the molecule is Cc1nc(-c2cnc(SC(C)(C)C)nc2)cs1. The Balaban J connectivity index is 2.19. The summed E-state index contributed by atoms with van der Waals surface area (Å²) in [6, 6.07) is 0. The molecule has 0 spiro atoms. The third-order valence-electron chi connectivity index (χ3n) is 1.94. The monoisotopic (exact) mass is 265 g/mol. The molecule has 0 amide bonds. The molecule has 2 aromatic rings. The lowest BCUT2D eigenvalue weighted by Gasteiger charge is -2.15. The van der Waals surface area contributed by atoms with Crippen molar-refractivity contribution in [2.75, 3.05) is 0 Å². The number of hydrogen-bond acceptors (Lipinski definition) is 5. The molecule has 0 fully saturated rings. The fourth-order valence-corrected chi connectivity index (χ4v) is 2.65. The largest absolute Gasteiger partial charge is 0.241 e. The summed E-state index contributed by atoms with van der Waals surface area (Å²) in [7, 11) is 0. The standard InChI is InChI=1S/C12H15N3S2/c1-8-15-10(7-16-8)9-5-13-11(14-6-9)17-12(2,3)4/h5-7H,1-4H3. The molecular formula is C12H15N3S2. The molecule has 17 heavy (non-hydrogen) atoms. The van der Waals surface area contributed by atoms with E-state index in [0.717, 1.165) is 21.4 Å². The number of aryl methyl sites for hydroxylation is 1. The number of thiazole rings is 1. The third-order valence-corrected chi connectivity index (χ3v) is 3.72. The van der Waals surface area contributed by atoms with Crippen LogP contribution >= 0.6 is 23.1 Å². The number of thioether (sulfide) groups is 1. The lowest BCUT2D eigenvalue weighted by Crippen LogP contribution is -2.08. The Labute approximate surface area is 110 Å². The molecule has 0 atom stereocenters. The minimum atomic E-state index is 0.138. The zero-order valence-corrected chi connectivity index (χ0v) is 12.0. The van der Waals surface area contributed by atoms with Crippen LogP contribution in [0.4, 0.5) is 0 Å². The third kappa shape index (κ3) is 3.51. The summed E-state index contributed by atoms with van der Waals surface area (Å²) in [5.41, 5.74) is 1.94. The lowest BCUT2D eigenvalue weighted by atomic mass is 10.3. The summed E-state index contributed by atoms with van der Waals surface area (Å²) >= 11 is 3.31. The van der Waals surface area contributed by atoms with Crippen molar-refractivity contribution in [3.63, 3.8) is 0 Å². The Morgan fingerprint density at radius 3 is 2.29 bits per heavy atom. The minimum Gasteiger partial charge on any atom is -0.241 e. The van der Waals surface area contributed by atoms with E-state index in [1.165, 1.54) is 0 Å². The van der Waals surface area contributed by atoms with Crippen LogP contribution in [-0.4, -0.2) is 19.7 Å². The van der Waals surface area contributed by atoms with Gasteiger partial charge in [-0.05, 0) is 6.92 Å². The highest BCUT2D eigenvalue weighted by Crippen LogP contribution is 2.29. The average Bonchev–Trinajstić information content (AvgIpc) is 2.63. The fourth-order valence-electron chi connectivity index (χ4n) is 1.27. The van der Waals surface area contributed by atoms with Gasteiger partial charge >= 0.3 is 0 Å². The Morgan fingerprint density at radius 1 is 1.18 bits per heavy atom. The molecular weight excluding hydrogens is 250 g/mol. The van der Waals surface area contributed by atoms with Crippen LogP contribution in [0.2, 0.25) is 0 Å². The van der Waals surface area contributed by atoms with Gasteiger partial charge in [-0.15, -0.1) is 11.3 Å². The number of rotatable bonds is 2. The topological polar surface area (TPSA) is 38.7 Å². The number of aromatic nitrogens is 3. The quantitative estimate of drug-likeness (QED) is 0.611. The molecule has 3 nitrogen and oxygen atoms in total. The van der Waals surface area contributed by atoms with Crippen LogP contribution in [0, 0.1) is 6.92 Å². The number of nitrogens with zero attached hydrogens (tertiary/aromatic N) is 3. The van der Waals surface area contributed by atoms with E-state index in [9.17, 15) is 0 Å². The second kappa shape index (κ2) is 4.74. The van der Waals surface area contributed by atoms with Crippen LogP contribution in [0.1, 0.15) is 25.8 Å². The van der Waals surface area contributed by atoms with Crippen LogP contribution in [0.25, 0.3) is 11.3 Å². The van der Waals surface area contributed by atoms with Gasteiger partial charge in [0.25, 0.3) is 0 Å². The van der Waals surface area contributed by atoms with E-state index in [1.54, 1.807) is 23.1 Å². The van der Waals surface area contributed by atoms with Gasteiger partial charge in [0.05, 0.1) is 10.7 Å². The first-order valence-electron chi connectivity index (χ1n) is 5.37. The highest BCUT2D eigenvalue weighted by atomic mass is 32.2. The average molecular weight is 265 g/mol. The van der Waals surface area contributed by atoms with E-state index >= 15 is 0 Å². The minimum absolute atomic E-state index is 0.138. The van der Waals surface area contributed by atoms with Gasteiger partial charge in [-0.2, -0.15) is 0 Å². The maximum Gasteiger partial charge on any atom is 0.188 e. The fraction of sp³-hybridized carbons (Fsp3) is 0.417. The van der Waals surface area contributed by atoms with E-state index in [0.29, 0.717) is 0 Å². The first-order chi connectivity index (χ1) is 7.94. The molecule has 0 unspecified atom stereocenters. The van der Waals surface area contributed by atoms with Crippen LogP contribution < -0.4 is 0 Å². The van der Waals surface area contributed by atoms with Gasteiger partial charge in [0.2, 0.25) is 0 Å². The van der Waals surface area contributed by atoms with Gasteiger partial charge in [0, 0.05) is 28.1 Å². The molecule has 0 aliphatic rings. The van der Waals surface area contributed by atoms with E-state index in [-0.39, 0.29) is 4.75 Å². The van der Waals surface area contributed by atoms with Crippen LogP contribution in [-0.2, 0) is 0 Å². The van der Waals surface area contributed by atoms with Gasteiger partial charge in [0.1, 0.15) is 0 Å². The molecule has 0 saturated heterocycles. The maximum atomic E-state index is 4.42. The second-order valence-electron chi connectivity index (χ2n) is 4.72. The molecule has 2 rings (SSSR count). The maximum absolute atomic E-state index is 4.42. The molecule has 0 aromatic carbocycles. The molecule has 0 aliphatic heterocycles. The van der Waals surface area contributed by atoms with Gasteiger partial charge in [0.15, 0.2) is 5.16 Å². The smallest absolute Gasteiger partial charge is 0.188 e. The van der Waals surface area contributed by atoms with Crippen molar-refractivity contribution in [2.45, 2.75) is 37.6 Å². The molecule has 5 heteroatoms. The first kappa shape index (κ1) is 12.5. The lowest BCUT2D eigenvalue weighted by molar-refractivity contribution is 0.791. The summed E-state index contributed by atoms with van der Waals surface area (Å²) < 4.78 is 0.138. The van der Waals surface area contributed by atoms with Crippen molar-refractivity contribution in [2.24, 2.45) is 0 Å². The summed E-state index contributed by atoms with van der Waals surface area (Å²) in [6.45, 7) is 8.45. The molecule has 2 heterocycles. The van der Waals surface area contributed by atoms with Crippen LogP contribution in [0.3, 0.4) is 0 Å². The molecule has 2 aromatic heterocycles. The Kier molecular flexibility index (Phi) is 3.49. The second-order valence-corrected chi connectivity index (χ2v) is 7.58. The molecule has 0 aliphatic carbocycles. The van der Waals surface area contributed by atoms with Crippen molar-refractivity contribution >= 4 is 23.1 Å². The van der Waals surface area contributed by atoms with Crippen molar-refractivity contribution in [3.05, 3.63) is 22.8 Å². The zero-order chi connectivity index (χ0) is 12.5. The Hall–Kier alpha value is -0.940. The van der Waals surface area contributed by atoms with Crippen LogP contribution in [0.5, 0.6) is 0 Å². The Bertz CT molecular complexity index is 497. The summed E-state index contributed by atoms with van der Waals surface area (Å²) in [4.78, 5) is 13.1. The predicted octanol–water partition coefficient (Wildman–Crippen LogP) is 3.80. The normalized spacial score (nSPS) is 11.8. The van der Waals surface area contributed by atoms with E-state index < -0.39 is 0 Å². The Morgan fingerprint density at radius 2 is 1.82 bits per heavy atom. The van der Waals surface area contributed by atoms with Crippen LogP contribution in [0.15, 0.2) is 22.9 Å². The van der Waals surface area contributed by atoms with Crippen molar-refractivity contribution in [1.29, 1.82) is 0 Å². The van der Waals surface area contributed by atoms with Gasteiger partial charge < -0.3 is 0 Å². The molecule has 0 saturated carbocycles. The van der Waals surface area contributed by atoms with Crippen molar-refractivity contribution in [1.82, 2.24) is 15.0 Å². The molecule has 0 bridgehead atoms. The molecule has 0 radical (unpaired) electrons. The van der Waals surface area contributed by atoms with E-state index in [4.69, 9.17) is 0 Å². The van der Waals surface area contributed by atoms with Gasteiger partial charge in [-0.25, -0.2) is 15.0 Å². The number of hydrogen-bond donors (Lipinski definition) is 0. The van der Waals surface area contributed by atoms with E-state index in [1.807, 2.05) is 24.7 Å². The highest BCUT2D eigenvalue weighted by Gasteiger charge is 2.14. The van der Waals surface area contributed by atoms with Gasteiger partial charge in [-0.1, -0.05) is 32.5 Å².